The van der Waals surface area contributed by atoms with Gasteiger partial charge in [-0.3, -0.25) is 0 Å². The number of piperidine rings is 2. The van der Waals surface area contributed by atoms with E-state index in [4.69, 9.17) is 0 Å². The molecule has 5 heteroatoms. The first-order chi connectivity index (χ1) is 9.99. The van der Waals surface area contributed by atoms with Crippen molar-refractivity contribution >= 4 is 5.97 Å². The SMILES string of the molecule is CCCCCCC(=O)[O-].C[N+]12CCCC[C@@H]1[C@H](O)CCC2.[Br-]. The first kappa shape index (κ1) is 21.9. The van der Waals surface area contributed by atoms with E-state index in [-0.39, 0.29) is 29.5 Å². The fourth-order valence-corrected chi connectivity index (χ4v) is 3.74. The number of aliphatic hydroxyl groups is 1. The van der Waals surface area contributed by atoms with Gasteiger partial charge in [0.1, 0.15) is 12.1 Å². The average Bonchev–Trinajstić information content (AvgIpc) is 2.44. The Morgan fingerprint density at radius 3 is 2.41 bits per heavy atom. The number of carbonyl (C=O) groups excluding carboxylic acids is 1. The number of hydrogen-bond acceptors (Lipinski definition) is 3. The fraction of sp³-hybridized carbons (Fsp3) is 0.941. The minimum Gasteiger partial charge on any atom is -1.00 e. The number of fused-ring (bicyclic) bond motifs is 1. The van der Waals surface area contributed by atoms with E-state index in [0.29, 0.717) is 6.04 Å². The van der Waals surface area contributed by atoms with Gasteiger partial charge in [0.05, 0.1) is 20.1 Å². The number of unbranched alkanes of at least 4 members (excludes halogenated alkanes) is 3. The molecule has 132 valence electrons. The third-order valence-electron chi connectivity index (χ3n) is 5.07. The van der Waals surface area contributed by atoms with Crippen LogP contribution in [0.15, 0.2) is 0 Å². The van der Waals surface area contributed by atoms with E-state index in [1.54, 1.807) is 0 Å². The summed E-state index contributed by atoms with van der Waals surface area (Å²) in [6.07, 6.45) is 10.5. The zero-order chi connectivity index (χ0) is 15.7. The van der Waals surface area contributed by atoms with Crippen molar-refractivity contribution < 1.29 is 36.5 Å². The second-order valence-corrected chi connectivity index (χ2v) is 6.88. The van der Waals surface area contributed by atoms with Crippen molar-refractivity contribution in [3.05, 3.63) is 0 Å². The summed E-state index contributed by atoms with van der Waals surface area (Å²) < 4.78 is 1.15. The minimum atomic E-state index is -0.925. The van der Waals surface area contributed by atoms with Crippen LogP contribution < -0.4 is 22.1 Å². The molecule has 0 spiro atoms. The van der Waals surface area contributed by atoms with Crippen molar-refractivity contribution in [1.29, 1.82) is 0 Å². The summed E-state index contributed by atoms with van der Waals surface area (Å²) >= 11 is 0. The highest BCUT2D eigenvalue weighted by atomic mass is 79.9. The van der Waals surface area contributed by atoms with Crippen LogP contribution in [-0.4, -0.2) is 47.8 Å². The molecule has 0 aromatic rings. The smallest absolute Gasteiger partial charge is 0.115 e. The van der Waals surface area contributed by atoms with Crippen molar-refractivity contribution in [2.75, 3.05) is 20.1 Å². The molecule has 0 amide bonds. The Morgan fingerprint density at radius 1 is 1.14 bits per heavy atom. The van der Waals surface area contributed by atoms with Gasteiger partial charge >= 0.3 is 0 Å². The number of aliphatic hydroxyl groups excluding tert-OH is 1. The normalized spacial score (nSPS) is 30.3. The highest BCUT2D eigenvalue weighted by Crippen LogP contribution is 2.31. The number of aliphatic carboxylic acids is 1. The van der Waals surface area contributed by atoms with Crippen molar-refractivity contribution in [1.82, 2.24) is 0 Å². The molecule has 1 N–H and O–H groups in total. The standard InChI is InChI=1S/C10H20NO.C7H14O2.BrH/c1-11-7-3-2-5-9(11)10(12)6-4-8-11;1-2-3-4-5-6-7(8)9;/h9-10,12H,2-8H2,1H3;2-6H2,1H3,(H,8,9);1H/q+1;;/p-2/t9-,10-,11?;;/m1../s1. The lowest BCUT2D eigenvalue weighted by atomic mass is 9.88. The minimum absolute atomic E-state index is 0. The quantitative estimate of drug-likeness (QED) is 0.485. The highest BCUT2D eigenvalue weighted by Gasteiger charge is 2.42. The molecule has 1 unspecified atom stereocenters. The molecule has 0 aromatic heterocycles. The van der Waals surface area contributed by atoms with E-state index in [1.165, 1.54) is 38.8 Å². The zero-order valence-electron chi connectivity index (χ0n) is 14.2. The third kappa shape index (κ3) is 7.42. The highest BCUT2D eigenvalue weighted by molar-refractivity contribution is 5.63. The predicted octanol–water partition coefficient (Wildman–Crippen LogP) is -1.15. The fourth-order valence-electron chi connectivity index (χ4n) is 3.74. The van der Waals surface area contributed by atoms with Gasteiger partial charge in [0, 0.05) is 12.4 Å². The molecule has 2 rings (SSSR count). The Labute approximate surface area is 146 Å². The lowest BCUT2D eigenvalue weighted by Crippen LogP contribution is -3.00. The molecule has 2 saturated heterocycles. The summed E-state index contributed by atoms with van der Waals surface area (Å²) in [6.45, 7) is 4.68. The summed E-state index contributed by atoms with van der Waals surface area (Å²) in [6, 6.07) is 0.562. The molecule has 0 radical (unpaired) electrons. The van der Waals surface area contributed by atoms with Crippen LogP contribution in [0.25, 0.3) is 0 Å². The summed E-state index contributed by atoms with van der Waals surface area (Å²) in [7, 11) is 2.33. The number of carboxylic acid groups (broad SMARTS) is 1. The van der Waals surface area contributed by atoms with Crippen LogP contribution in [-0.2, 0) is 4.79 Å². The molecule has 2 aliphatic heterocycles. The first-order valence-electron chi connectivity index (χ1n) is 8.71. The van der Waals surface area contributed by atoms with Crippen molar-refractivity contribution in [3.8, 4) is 0 Å². The molecule has 0 aromatic carbocycles. The Balaban J connectivity index is 0.000000402. The molecule has 3 atom stereocenters. The van der Waals surface area contributed by atoms with Gasteiger partial charge in [-0.1, -0.05) is 26.2 Å². The van der Waals surface area contributed by atoms with Crippen LogP contribution >= 0.6 is 0 Å². The molecule has 2 heterocycles. The van der Waals surface area contributed by atoms with Crippen molar-refractivity contribution in [2.24, 2.45) is 0 Å². The van der Waals surface area contributed by atoms with Crippen LogP contribution in [0.4, 0.5) is 0 Å². The molecular weight excluding hydrogens is 346 g/mol. The number of quaternary nitrogens is 1. The maximum Gasteiger partial charge on any atom is 0.115 e. The molecule has 0 saturated carbocycles. The van der Waals surface area contributed by atoms with Crippen LogP contribution in [0.2, 0.25) is 0 Å². The molecule has 2 aliphatic rings. The molecule has 0 aliphatic carbocycles. The summed E-state index contributed by atoms with van der Waals surface area (Å²) in [5, 5.41) is 19.7. The Kier molecular flexibility index (Phi) is 11.3. The van der Waals surface area contributed by atoms with Crippen molar-refractivity contribution in [2.45, 2.75) is 83.3 Å². The van der Waals surface area contributed by atoms with Gasteiger partial charge in [-0.05, 0) is 38.5 Å². The molecule has 0 bridgehead atoms. The topological polar surface area (TPSA) is 60.4 Å². The molecule has 22 heavy (non-hydrogen) atoms. The lowest BCUT2D eigenvalue weighted by molar-refractivity contribution is -0.946. The maximum absolute atomic E-state index is 9.85. The Bertz CT molecular complexity index is 310. The van der Waals surface area contributed by atoms with Gasteiger partial charge in [-0.2, -0.15) is 0 Å². The van der Waals surface area contributed by atoms with E-state index in [2.05, 4.69) is 14.0 Å². The molecular formula is C17H33BrNO3-. The van der Waals surface area contributed by atoms with E-state index in [9.17, 15) is 15.0 Å². The van der Waals surface area contributed by atoms with Crippen LogP contribution in [0.3, 0.4) is 0 Å². The maximum atomic E-state index is 9.85. The second-order valence-electron chi connectivity index (χ2n) is 6.88. The van der Waals surface area contributed by atoms with Crippen molar-refractivity contribution in [3.63, 3.8) is 0 Å². The zero-order valence-corrected chi connectivity index (χ0v) is 15.8. The second kappa shape index (κ2) is 11.4. The summed E-state index contributed by atoms with van der Waals surface area (Å²) in [5.74, 6) is -0.925. The Morgan fingerprint density at radius 2 is 1.82 bits per heavy atom. The average molecular weight is 379 g/mol. The molecule has 2 fully saturated rings. The predicted molar refractivity (Wildman–Crippen MR) is 82.6 cm³/mol. The number of hydrogen-bond donors (Lipinski definition) is 1. The van der Waals surface area contributed by atoms with Gasteiger partial charge in [0.2, 0.25) is 0 Å². The summed E-state index contributed by atoms with van der Waals surface area (Å²) in [5.41, 5.74) is 0. The number of halogens is 1. The number of rotatable bonds is 5. The number of nitrogens with zero attached hydrogens (tertiary/aromatic N) is 1. The van der Waals surface area contributed by atoms with Crippen LogP contribution in [0, 0.1) is 0 Å². The van der Waals surface area contributed by atoms with E-state index in [1.807, 2.05) is 0 Å². The number of likely N-dealkylation sites (N-methyl/N-ethyl adjacent to an activating group) is 1. The van der Waals surface area contributed by atoms with E-state index >= 15 is 0 Å². The first-order valence-corrected chi connectivity index (χ1v) is 8.71. The third-order valence-corrected chi connectivity index (χ3v) is 5.07. The summed E-state index contributed by atoms with van der Waals surface area (Å²) in [4.78, 5) is 9.85. The van der Waals surface area contributed by atoms with E-state index in [0.717, 1.165) is 36.6 Å². The van der Waals surface area contributed by atoms with E-state index < -0.39 is 5.97 Å². The lowest BCUT2D eigenvalue weighted by Gasteiger charge is -2.49. The van der Waals surface area contributed by atoms with Gasteiger partial charge in [0.15, 0.2) is 0 Å². The van der Waals surface area contributed by atoms with Gasteiger partial charge < -0.3 is 36.5 Å². The van der Waals surface area contributed by atoms with Gasteiger partial charge in [-0.25, -0.2) is 0 Å². The van der Waals surface area contributed by atoms with Gasteiger partial charge in [0.25, 0.3) is 0 Å². The number of carbonyl (C=O) groups is 1. The number of carboxylic acids is 1. The van der Waals surface area contributed by atoms with Crippen LogP contribution in [0.1, 0.15) is 71.1 Å². The largest absolute Gasteiger partial charge is 1.00 e. The van der Waals surface area contributed by atoms with Crippen LogP contribution in [0.5, 0.6) is 0 Å². The Hall–Kier alpha value is -0.130. The van der Waals surface area contributed by atoms with Gasteiger partial charge in [-0.15, -0.1) is 0 Å². The molecule has 4 nitrogen and oxygen atoms in total. The monoisotopic (exact) mass is 378 g/mol.